The molecule has 40 valence electrons. The Bertz CT molecular complexity index is 78.2. The lowest BCUT2D eigenvalue weighted by Gasteiger charge is -1.81. The van der Waals surface area contributed by atoms with Gasteiger partial charge >= 0.3 is 0 Å². The molecule has 1 saturated carbocycles. The highest BCUT2D eigenvalue weighted by molar-refractivity contribution is 4.97. The van der Waals surface area contributed by atoms with Crippen LogP contribution in [0.15, 0.2) is 12.7 Å². The molecule has 1 nitrogen and oxygen atoms in total. The van der Waals surface area contributed by atoms with E-state index in [0.717, 1.165) is 6.42 Å². The Morgan fingerprint density at radius 1 is 1.86 bits per heavy atom. The SMILES string of the molecule is C=C[C@@H]1C[C@H]1CO. The third-order valence-electron chi connectivity index (χ3n) is 1.51. The third-order valence-corrected chi connectivity index (χ3v) is 1.51. The lowest BCUT2D eigenvalue weighted by atomic mass is 10.3. The lowest BCUT2D eigenvalue weighted by molar-refractivity contribution is 0.272. The summed E-state index contributed by atoms with van der Waals surface area (Å²) in [6.07, 6.45) is 3.07. The summed E-state index contributed by atoms with van der Waals surface area (Å²) in [4.78, 5) is 0. The van der Waals surface area contributed by atoms with Crippen molar-refractivity contribution in [2.45, 2.75) is 6.42 Å². The fourth-order valence-corrected chi connectivity index (χ4v) is 0.770. The van der Waals surface area contributed by atoms with E-state index in [9.17, 15) is 0 Å². The van der Waals surface area contributed by atoms with E-state index in [1.807, 2.05) is 6.08 Å². The van der Waals surface area contributed by atoms with Crippen LogP contribution in [0.1, 0.15) is 6.42 Å². The van der Waals surface area contributed by atoms with Crippen molar-refractivity contribution in [2.75, 3.05) is 6.61 Å². The van der Waals surface area contributed by atoms with Gasteiger partial charge in [-0.15, -0.1) is 6.58 Å². The maximum Gasteiger partial charge on any atom is 0.0465 e. The summed E-state index contributed by atoms with van der Waals surface area (Å²) in [7, 11) is 0. The van der Waals surface area contributed by atoms with Gasteiger partial charge in [0.15, 0.2) is 0 Å². The van der Waals surface area contributed by atoms with Crippen molar-refractivity contribution in [3.63, 3.8) is 0 Å². The fourth-order valence-electron chi connectivity index (χ4n) is 0.770. The number of hydrogen-bond donors (Lipinski definition) is 1. The predicted molar refractivity (Wildman–Crippen MR) is 28.9 cm³/mol. The van der Waals surface area contributed by atoms with Gasteiger partial charge in [-0.2, -0.15) is 0 Å². The Morgan fingerprint density at radius 2 is 2.57 bits per heavy atom. The lowest BCUT2D eigenvalue weighted by Crippen LogP contribution is -1.84. The summed E-state index contributed by atoms with van der Waals surface area (Å²) in [5, 5.41) is 8.46. The first-order chi connectivity index (χ1) is 3.38. The van der Waals surface area contributed by atoms with Crippen molar-refractivity contribution in [3.8, 4) is 0 Å². The van der Waals surface area contributed by atoms with Crippen LogP contribution in [0.25, 0.3) is 0 Å². The van der Waals surface area contributed by atoms with Crippen LogP contribution in [-0.4, -0.2) is 11.7 Å². The zero-order valence-electron chi connectivity index (χ0n) is 4.30. The molecule has 0 amide bonds. The van der Waals surface area contributed by atoms with E-state index in [0.29, 0.717) is 18.4 Å². The molecule has 7 heavy (non-hydrogen) atoms. The standard InChI is InChI=1S/C6H10O/c1-2-5-3-6(5)4-7/h2,5-7H,1,3-4H2/t5-,6+/m1/s1. The first-order valence-electron chi connectivity index (χ1n) is 2.62. The van der Waals surface area contributed by atoms with Crippen LogP contribution >= 0.6 is 0 Å². The Balaban J connectivity index is 2.17. The van der Waals surface area contributed by atoms with Crippen molar-refractivity contribution in [3.05, 3.63) is 12.7 Å². The molecule has 1 heteroatoms. The summed E-state index contributed by atoms with van der Waals surface area (Å²) in [5.74, 6) is 1.18. The second-order valence-corrected chi connectivity index (χ2v) is 2.08. The van der Waals surface area contributed by atoms with E-state index in [4.69, 9.17) is 5.11 Å². The zero-order chi connectivity index (χ0) is 5.28. The second kappa shape index (κ2) is 1.66. The van der Waals surface area contributed by atoms with Crippen molar-refractivity contribution < 1.29 is 5.11 Å². The van der Waals surface area contributed by atoms with Gasteiger partial charge < -0.3 is 5.11 Å². The topological polar surface area (TPSA) is 20.2 Å². The van der Waals surface area contributed by atoms with E-state index < -0.39 is 0 Å². The average Bonchev–Trinajstić information content (AvgIpc) is 2.43. The Hall–Kier alpha value is -0.300. The minimum Gasteiger partial charge on any atom is -0.396 e. The molecule has 2 atom stereocenters. The van der Waals surface area contributed by atoms with Gasteiger partial charge in [0.05, 0.1) is 0 Å². The van der Waals surface area contributed by atoms with Gasteiger partial charge in [0.1, 0.15) is 0 Å². The van der Waals surface area contributed by atoms with Crippen LogP contribution < -0.4 is 0 Å². The summed E-state index contributed by atoms with van der Waals surface area (Å²) >= 11 is 0. The van der Waals surface area contributed by atoms with Crippen LogP contribution in [0.4, 0.5) is 0 Å². The molecule has 0 unspecified atom stereocenters. The van der Waals surface area contributed by atoms with Crippen LogP contribution in [0.2, 0.25) is 0 Å². The molecular formula is C6H10O. The smallest absolute Gasteiger partial charge is 0.0465 e. The van der Waals surface area contributed by atoms with E-state index in [2.05, 4.69) is 6.58 Å². The molecule has 0 saturated heterocycles. The molecule has 0 aromatic carbocycles. The molecule has 0 radical (unpaired) electrons. The van der Waals surface area contributed by atoms with Crippen LogP contribution in [0, 0.1) is 11.8 Å². The van der Waals surface area contributed by atoms with Crippen LogP contribution in [0.5, 0.6) is 0 Å². The van der Waals surface area contributed by atoms with Gasteiger partial charge in [0, 0.05) is 6.61 Å². The van der Waals surface area contributed by atoms with Crippen LogP contribution in [-0.2, 0) is 0 Å². The van der Waals surface area contributed by atoms with Gasteiger partial charge in [0.25, 0.3) is 0 Å². The fraction of sp³-hybridized carbons (Fsp3) is 0.667. The molecule has 0 aromatic rings. The van der Waals surface area contributed by atoms with Gasteiger partial charge in [0.2, 0.25) is 0 Å². The summed E-state index contributed by atoms with van der Waals surface area (Å²) in [5.41, 5.74) is 0. The number of aliphatic hydroxyl groups excluding tert-OH is 1. The normalized spacial score (nSPS) is 37.9. The highest BCUT2D eigenvalue weighted by Gasteiger charge is 2.32. The minimum atomic E-state index is 0.344. The van der Waals surface area contributed by atoms with Crippen LogP contribution in [0.3, 0.4) is 0 Å². The molecule has 0 aliphatic heterocycles. The Morgan fingerprint density at radius 3 is 2.71 bits per heavy atom. The summed E-state index contributed by atoms with van der Waals surface area (Å²) < 4.78 is 0. The molecule has 1 rings (SSSR count). The maximum absolute atomic E-state index is 8.46. The quantitative estimate of drug-likeness (QED) is 0.506. The van der Waals surface area contributed by atoms with Crippen molar-refractivity contribution in [1.29, 1.82) is 0 Å². The molecule has 1 aliphatic rings. The second-order valence-electron chi connectivity index (χ2n) is 2.08. The number of aliphatic hydroxyl groups is 1. The van der Waals surface area contributed by atoms with Gasteiger partial charge in [-0.3, -0.25) is 0 Å². The van der Waals surface area contributed by atoms with E-state index >= 15 is 0 Å². The molecule has 1 aliphatic carbocycles. The number of rotatable bonds is 2. The Kier molecular flexibility index (Phi) is 1.15. The number of hydrogen-bond acceptors (Lipinski definition) is 1. The molecule has 0 bridgehead atoms. The maximum atomic E-state index is 8.46. The molecule has 0 spiro atoms. The highest BCUT2D eigenvalue weighted by Crippen LogP contribution is 2.38. The predicted octanol–water partition coefficient (Wildman–Crippen LogP) is 0.801. The largest absolute Gasteiger partial charge is 0.396 e. The average molecular weight is 98.1 g/mol. The van der Waals surface area contributed by atoms with Gasteiger partial charge in [-0.05, 0) is 18.3 Å². The van der Waals surface area contributed by atoms with Crippen molar-refractivity contribution in [2.24, 2.45) is 11.8 Å². The molecule has 1 fully saturated rings. The van der Waals surface area contributed by atoms with Gasteiger partial charge in [-0.25, -0.2) is 0 Å². The molecule has 0 aromatic heterocycles. The van der Waals surface area contributed by atoms with E-state index in [1.165, 1.54) is 0 Å². The Labute approximate surface area is 43.7 Å². The number of allylic oxidation sites excluding steroid dienone is 1. The van der Waals surface area contributed by atoms with Crippen molar-refractivity contribution >= 4 is 0 Å². The zero-order valence-corrected chi connectivity index (χ0v) is 4.30. The van der Waals surface area contributed by atoms with Gasteiger partial charge in [-0.1, -0.05) is 6.08 Å². The first kappa shape index (κ1) is 4.85. The summed E-state index contributed by atoms with van der Waals surface area (Å²) in [6.45, 7) is 3.95. The molecular weight excluding hydrogens is 88.1 g/mol. The molecule has 0 heterocycles. The van der Waals surface area contributed by atoms with E-state index in [-0.39, 0.29) is 0 Å². The van der Waals surface area contributed by atoms with E-state index in [1.54, 1.807) is 0 Å². The monoisotopic (exact) mass is 98.1 g/mol. The molecule has 1 N–H and O–H groups in total. The third kappa shape index (κ3) is 0.829. The first-order valence-corrected chi connectivity index (χ1v) is 2.62. The highest BCUT2D eigenvalue weighted by atomic mass is 16.3. The minimum absolute atomic E-state index is 0.344. The van der Waals surface area contributed by atoms with Crippen molar-refractivity contribution in [1.82, 2.24) is 0 Å². The summed E-state index contributed by atoms with van der Waals surface area (Å²) in [6, 6.07) is 0.